The number of aliphatic hydroxyl groups excluding tert-OH is 1. The maximum Gasteiger partial charge on any atom is 0.312 e. The smallest absolute Gasteiger partial charge is 0.312 e. The number of esters is 1. The number of aryl methyl sites for hydroxylation is 2. The van der Waals surface area contributed by atoms with Gasteiger partial charge in [0.05, 0.1) is 37.2 Å². The minimum absolute atomic E-state index is 0.228. The Morgan fingerprint density at radius 2 is 1.84 bits per heavy atom. The van der Waals surface area contributed by atoms with Crippen molar-refractivity contribution >= 4 is 23.5 Å². The molecule has 1 spiro atoms. The molecule has 3 fully saturated rings. The molecule has 8 heteroatoms. The number of likely N-dealkylation sites (tertiary alicyclic amines) is 1. The van der Waals surface area contributed by atoms with Gasteiger partial charge in [-0.2, -0.15) is 0 Å². The number of ether oxygens (including phenoxy) is 2. The first kappa shape index (κ1) is 31.7. The van der Waals surface area contributed by atoms with Crippen molar-refractivity contribution in [2.45, 2.75) is 76.2 Å². The molecule has 0 aromatic heterocycles. The van der Waals surface area contributed by atoms with E-state index in [1.54, 1.807) is 11.0 Å². The Labute approximate surface area is 260 Å². The summed E-state index contributed by atoms with van der Waals surface area (Å²) in [6.45, 7) is 11.7. The Kier molecular flexibility index (Phi) is 9.71. The van der Waals surface area contributed by atoms with Crippen LogP contribution >= 0.6 is 0 Å². The first-order chi connectivity index (χ1) is 21.3. The number of unbranched alkanes of at least 4 members (excludes halogenated alkanes) is 2. The zero-order valence-corrected chi connectivity index (χ0v) is 25.8. The summed E-state index contributed by atoms with van der Waals surface area (Å²) in [4.78, 5) is 46.3. The van der Waals surface area contributed by atoms with Gasteiger partial charge in [0, 0.05) is 12.2 Å². The maximum absolute atomic E-state index is 14.9. The van der Waals surface area contributed by atoms with Crippen molar-refractivity contribution in [1.29, 1.82) is 0 Å². The Hall–Kier alpha value is -3.75. The summed E-state index contributed by atoms with van der Waals surface area (Å²) in [5.74, 6) is -2.77. The summed E-state index contributed by atoms with van der Waals surface area (Å²) in [6.07, 6.45) is 6.75. The van der Waals surface area contributed by atoms with Crippen LogP contribution in [0, 0.1) is 25.7 Å². The van der Waals surface area contributed by atoms with E-state index < -0.39 is 41.6 Å². The number of aliphatic hydroxyl groups is 1. The van der Waals surface area contributed by atoms with Gasteiger partial charge in [-0.1, -0.05) is 60.7 Å². The molecular formula is C36H44N2O6. The van der Waals surface area contributed by atoms with E-state index in [4.69, 9.17) is 9.47 Å². The highest BCUT2D eigenvalue weighted by Crippen LogP contribution is 2.59. The van der Waals surface area contributed by atoms with Crippen molar-refractivity contribution in [3.63, 3.8) is 0 Å². The van der Waals surface area contributed by atoms with Crippen LogP contribution in [0.15, 0.2) is 73.8 Å². The van der Waals surface area contributed by atoms with Crippen molar-refractivity contribution in [3.8, 4) is 0 Å². The summed E-state index contributed by atoms with van der Waals surface area (Å²) in [5.41, 5.74) is 2.32. The van der Waals surface area contributed by atoms with Gasteiger partial charge in [-0.15, -0.1) is 13.2 Å². The summed E-state index contributed by atoms with van der Waals surface area (Å²) < 4.78 is 12.3. The molecule has 3 saturated heterocycles. The Morgan fingerprint density at radius 3 is 2.50 bits per heavy atom. The van der Waals surface area contributed by atoms with Crippen molar-refractivity contribution in [1.82, 2.24) is 4.90 Å². The SMILES string of the molecule is C=CCCCCOC(=O)[C@@H]1[C@@H]2CCC3(O2)C(C(=O)N(CC=C)c2c(C)cccc2C)N([C@@H](CO)Cc2ccccc2)C(=O)[C@H]13. The highest BCUT2D eigenvalue weighted by Gasteiger charge is 2.75. The zero-order valence-electron chi connectivity index (χ0n) is 25.8. The molecule has 2 amide bonds. The second-order valence-corrected chi connectivity index (χ2v) is 12.3. The molecule has 8 nitrogen and oxygen atoms in total. The van der Waals surface area contributed by atoms with Gasteiger partial charge in [-0.25, -0.2) is 0 Å². The summed E-state index contributed by atoms with van der Waals surface area (Å²) in [7, 11) is 0. The van der Waals surface area contributed by atoms with Gasteiger partial charge in [0.2, 0.25) is 5.91 Å². The van der Waals surface area contributed by atoms with Crippen molar-refractivity contribution < 1.29 is 29.0 Å². The lowest BCUT2D eigenvalue weighted by Gasteiger charge is -2.40. The number of carbonyl (C=O) groups is 3. The van der Waals surface area contributed by atoms with E-state index in [9.17, 15) is 19.5 Å². The van der Waals surface area contributed by atoms with E-state index in [2.05, 4.69) is 13.2 Å². The van der Waals surface area contributed by atoms with Gasteiger partial charge in [0.1, 0.15) is 11.6 Å². The van der Waals surface area contributed by atoms with Crippen LogP contribution in [0.1, 0.15) is 48.8 Å². The lowest BCUT2D eigenvalue weighted by molar-refractivity contribution is -0.156. The second kappa shape index (κ2) is 13.5. The molecule has 3 aliphatic heterocycles. The van der Waals surface area contributed by atoms with Gasteiger partial charge in [-0.05, 0) is 69.1 Å². The molecular weight excluding hydrogens is 556 g/mol. The Bertz CT molecular complexity index is 1370. The van der Waals surface area contributed by atoms with E-state index in [1.807, 2.05) is 68.5 Å². The fourth-order valence-corrected chi connectivity index (χ4v) is 7.63. The first-order valence-corrected chi connectivity index (χ1v) is 15.7. The number of para-hydroxylation sites is 1. The van der Waals surface area contributed by atoms with Crippen LogP contribution in [0.2, 0.25) is 0 Å². The number of hydrogen-bond donors (Lipinski definition) is 1. The number of allylic oxidation sites excluding steroid dienone is 1. The van der Waals surface area contributed by atoms with Gasteiger partial charge in [0.25, 0.3) is 5.91 Å². The minimum Gasteiger partial charge on any atom is -0.465 e. The standard InChI is InChI=1S/C36H44N2O6/c1-5-7-8-12-21-43-35(42)29-28-18-19-36(44-28)30(29)33(40)38(27(23-39)22-26-16-10-9-11-17-26)32(36)34(41)37(20-6-2)31-24(3)14-13-15-25(31)4/h5-6,9-11,13-17,27-30,32,39H,1-2,7-8,12,18-23H2,3-4H3/t27-,28+,29-,30+,32?,36?/m1/s1. The lowest BCUT2D eigenvalue weighted by Crippen LogP contribution is -2.59. The monoisotopic (exact) mass is 600 g/mol. The summed E-state index contributed by atoms with van der Waals surface area (Å²) in [6, 6.07) is 13.7. The van der Waals surface area contributed by atoms with Crippen LogP contribution in [0.5, 0.6) is 0 Å². The topological polar surface area (TPSA) is 96.4 Å². The van der Waals surface area contributed by atoms with Crippen LogP contribution in [-0.2, 0) is 30.3 Å². The molecule has 2 aromatic rings. The Balaban J connectivity index is 1.55. The Morgan fingerprint density at radius 1 is 1.11 bits per heavy atom. The number of carbonyl (C=O) groups excluding carboxylic acids is 3. The van der Waals surface area contributed by atoms with Crippen LogP contribution in [0.4, 0.5) is 5.69 Å². The fourth-order valence-electron chi connectivity index (χ4n) is 7.63. The van der Waals surface area contributed by atoms with Gasteiger partial charge >= 0.3 is 5.97 Å². The normalized spacial score (nSPS) is 25.9. The number of hydrogen-bond acceptors (Lipinski definition) is 6. The van der Waals surface area contributed by atoms with Crippen LogP contribution in [0.3, 0.4) is 0 Å². The molecule has 6 atom stereocenters. The summed E-state index contributed by atoms with van der Waals surface area (Å²) >= 11 is 0. The largest absolute Gasteiger partial charge is 0.465 e. The van der Waals surface area contributed by atoms with Crippen LogP contribution in [-0.4, -0.2) is 71.3 Å². The third-order valence-electron chi connectivity index (χ3n) is 9.50. The molecule has 3 aliphatic rings. The molecule has 2 unspecified atom stereocenters. The molecule has 0 saturated carbocycles. The molecule has 234 valence electrons. The molecule has 5 rings (SSSR count). The lowest BCUT2D eigenvalue weighted by atomic mass is 9.70. The summed E-state index contributed by atoms with van der Waals surface area (Å²) in [5, 5.41) is 10.7. The molecule has 3 heterocycles. The average Bonchev–Trinajstić information content (AvgIpc) is 3.66. The van der Waals surface area contributed by atoms with Gasteiger partial charge in [-0.3, -0.25) is 14.4 Å². The second-order valence-electron chi connectivity index (χ2n) is 12.3. The third kappa shape index (κ3) is 5.61. The molecule has 2 bridgehead atoms. The predicted molar refractivity (Wildman–Crippen MR) is 169 cm³/mol. The number of amides is 2. The number of nitrogens with zero attached hydrogens (tertiary/aromatic N) is 2. The molecule has 0 radical (unpaired) electrons. The zero-order chi connectivity index (χ0) is 31.4. The molecule has 2 aromatic carbocycles. The fraction of sp³-hybridized carbons (Fsp3) is 0.472. The molecule has 44 heavy (non-hydrogen) atoms. The van der Waals surface area contributed by atoms with Gasteiger partial charge < -0.3 is 24.4 Å². The number of anilines is 1. The number of benzene rings is 2. The predicted octanol–water partition coefficient (Wildman–Crippen LogP) is 4.70. The van der Waals surface area contributed by atoms with Crippen molar-refractivity contribution in [2.24, 2.45) is 11.8 Å². The minimum atomic E-state index is -1.20. The van der Waals surface area contributed by atoms with Crippen molar-refractivity contribution in [2.75, 3.05) is 24.7 Å². The highest BCUT2D eigenvalue weighted by atomic mass is 16.6. The highest BCUT2D eigenvalue weighted by molar-refractivity contribution is 6.05. The van der Waals surface area contributed by atoms with Gasteiger partial charge in [0.15, 0.2) is 0 Å². The van der Waals surface area contributed by atoms with Crippen LogP contribution < -0.4 is 4.90 Å². The van der Waals surface area contributed by atoms with E-state index in [1.165, 1.54) is 4.90 Å². The quantitative estimate of drug-likeness (QED) is 0.192. The van der Waals surface area contributed by atoms with E-state index in [-0.39, 0.29) is 31.6 Å². The number of rotatable bonds is 14. The molecule has 0 aliphatic carbocycles. The average molecular weight is 601 g/mol. The maximum atomic E-state index is 14.9. The third-order valence-corrected chi connectivity index (χ3v) is 9.50. The first-order valence-electron chi connectivity index (χ1n) is 15.7. The van der Waals surface area contributed by atoms with Crippen molar-refractivity contribution in [3.05, 3.63) is 90.5 Å². The van der Waals surface area contributed by atoms with E-state index >= 15 is 0 Å². The number of fused-ring (bicyclic) bond motifs is 1. The van der Waals surface area contributed by atoms with E-state index in [0.29, 0.717) is 25.7 Å². The van der Waals surface area contributed by atoms with Crippen LogP contribution in [0.25, 0.3) is 0 Å². The molecule has 1 N–H and O–H groups in total. The van der Waals surface area contributed by atoms with E-state index in [0.717, 1.165) is 35.2 Å².